The van der Waals surface area contributed by atoms with Crippen molar-refractivity contribution in [3.63, 3.8) is 0 Å². The van der Waals surface area contributed by atoms with Crippen LogP contribution in [0.4, 0.5) is 9.18 Å². The number of hydrogen-bond acceptors (Lipinski definition) is 5. The van der Waals surface area contributed by atoms with Gasteiger partial charge in [0.15, 0.2) is 0 Å². The van der Waals surface area contributed by atoms with E-state index < -0.39 is 41.1 Å². The Hall–Kier alpha value is -2.67. The number of aryl methyl sites for hydroxylation is 1. The molecule has 0 aromatic heterocycles. The molecule has 182 valence electrons. The van der Waals surface area contributed by atoms with E-state index in [2.05, 4.69) is 5.32 Å². The average molecular weight is 462 g/mol. The van der Waals surface area contributed by atoms with E-state index in [9.17, 15) is 9.59 Å². The van der Waals surface area contributed by atoms with E-state index in [0.29, 0.717) is 5.57 Å². The molecular weight excluding hydrogens is 425 g/mol. The summed E-state index contributed by atoms with van der Waals surface area (Å²) in [7, 11) is 1.39. The van der Waals surface area contributed by atoms with Gasteiger partial charge in [-0.25, -0.2) is 9.18 Å². The molecule has 6 nitrogen and oxygen atoms in total. The van der Waals surface area contributed by atoms with E-state index in [4.69, 9.17) is 14.2 Å². The number of allylic oxidation sites excluding steroid dienone is 2. The summed E-state index contributed by atoms with van der Waals surface area (Å²) in [5.41, 5.74) is 0.790. The minimum absolute atomic E-state index is 0.166. The number of alkyl carbamates (subject to hydrolysis) is 1. The molecule has 1 aliphatic carbocycles. The lowest BCUT2D eigenvalue weighted by Gasteiger charge is -2.46. The van der Waals surface area contributed by atoms with Crippen LogP contribution in [0.5, 0.6) is 0 Å². The predicted octanol–water partition coefficient (Wildman–Crippen LogP) is 5.50. The summed E-state index contributed by atoms with van der Waals surface area (Å²) >= 11 is 0. The summed E-state index contributed by atoms with van der Waals surface area (Å²) in [5, 5.41) is 2.70. The lowest BCUT2D eigenvalue weighted by Crippen LogP contribution is -2.60. The van der Waals surface area contributed by atoms with Gasteiger partial charge in [-0.2, -0.15) is 0 Å². The largest absolute Gasteiger partial charge is 0.466 e. The molecule has 1 aromatic carbocycles. The number of esters is 1. The highest BCUT2D eigenvalue weighted by Crippen LogP contribution is 2.48. The first-order valence-electron chi connectivity index (χ1n) is 11.2. The quantitative estimate of drug-likeness (QED) is 0.543. The van der Waals surface area contributed by atoms with Gasteiger partial charge in [-0.1, -0.05) is 37.3 Å². The van der Waals surface area contributed by atoms with E-state index in [0.717, 1.165) is 16.7 Å². The normalized spacial score (nSPS) is 21.8. The Morgan fingerprint density at radius 3 is 2.39 bits per heavy atom. The van der Waals surface area contributed by atoms with Gasteiger partial charge in [0.2, 0.25) is 0 Å². The third-order valence-corrected chi connectivity index (χ3v) is 5.85. The highest BCUT2D eigenvalue weighted by atomic mass is 19.1. The molecule has 3 atom stereocenters. The van der Waals surface area contributed by atoms with Crippen LogP contribution in [0.15, 0.2) is 41.7 Å². The lowest BCUT2D eigenvalue weighted by atomic mass is 9.69. The molecule has 1 aromatic rings. The van der Waals surface area contributed by atoms with Crippen LogP contribution in [-0.4, -0.2) is 43.0 Å². The van der Waals surface area contributed by atoms with Gasteiger partial charge >= 0.3 is 12.1 Å². The Bertz CT molecular complexity index is 946. The standard InChI is InChI=1S/C26H36FNO5/c1-9-32-22(29)15-21(28-24(30)33-25(5,6)7)26(31-8)18(4)20(14-17(3)23(26)27)19-13-11-10-12-16(19)2/h10-14,18,21H,9,15H2,1-8H3,(H,28,30). The summed E-state index contributed by atoms with van der Waals surface area (Å²) in [4.78, 5) is 25.2. The molecular formula is C26H36FNO5. The first-order valence-corrected chi connectivity index (χ1v) is 11.2. The van der Waals surface area contributed by atoms with E-state index in [1.54, 1.807) is 40.7 Å². The lowest BCUT2D eigenvalue weighted by molar-refractivity contribution is -0.146. The van der Waals surface area contributed by atoms with Gasteiger partial charge in [0.05, 0.1) is 19.1 Å². The van der Waals surface area contributed by atoms with Crippen LogP contribution in [0, 0.1) is 12.8 Å². The average Bonchev–Trinajstić information content (AvgIpc) is 2.71. The monoisotopic (exact) mass is 461 g/mol. The number of ether oxygens (including phenoxy) is 3. The number of benzene rings is 1. The number of nitrogens with one attached hydrogen (secondary N) is 1. The third-order valence-electron chi connectivity index (χ3n) is 5.85. The van der Waals surface area contributed by atoms with Crippen molar-refractivity contribution in [2.45, 2.75) is 72.1 Å². The molecule has 0 spiro atoms. The fourth-order valence-electron chi connectivity index (χ4n) is 4.37. The van der Waals surface area contributed by atoms with Crippen LogP contribution >= 0.6 is 0 Å². The number of carbonyl (C=O) groups excluding carboxylic acids is 2. The van der Waals surface area contributed by atoms with Crippen molar-refractivity contribution >= 4 is 17.6 Å². The van der Waals surface area contributed by atoms with Gasteiger partial charge in [0, 0.05) is 13.0 Å². The second-order valence-corrected chi connectivity index (χ2v) is 9.34. The minimum atomic E-state index is -1.64. The molecule has 1 amide bonds. The Kier molecular flexibility index (Phi) is 8.46. The third kappa shape index (κ3) is 5.82. The van der Waals surface area contributed by atoms with Crippen molar-refractivity contribution in [2.75, 3.05) is 13.7 Å². The summed E-state index contributed by atoms with van der Waals surface area (Å²) < 4.78 is 32.4. The van der Waals surface area contributed by atoms with Gasteiger partial charge in [-0.15, -0.1) is 0 Å². The maximum absolute atomic E-state index is 16.0. The van der Waals surface area contributed by atoms with E-state index in [1.807, 2.05) is 38.1 Å². The van der Waals surface area contributed by atoms with Crippen molar-refractivity contribution < 1.29 is 28.2 Å². The molecule has 0 saturated carbocycles. The Morgan fingerprint density at radius 2 is 1.85 bits per heavy atom. The second kappa shape index (κ2) is 10.5. The van der Waals surface area contributed by atoms with Crippen molar-refractivity contribution in [2.24, 2.45) is 5.92 Å². The maximum atomic E-state index is 16.0. The van der Waals surface area contributed by atoms with Gasteiger partial charge in [0.1, 0.15) is 17.0 Å². The molecule has 0 aliphatic heterocycles. The molecule has 0 saturated heterocycles. The minimum Gasteiger partial charge on any atom is -0.466 e. The number of methoxy groups -OCH3 is 1. The smallest absolute Gasteiger partial charge is 0.408 e. The molecule has 33 heavy (non-hydrogen) atoms. The number of halogens is 1. The molecule has 0 heterocycles. The van der Waals surface area contributed by atoms with E-state index in [1.165, 1.54) is 7.11 Å². The Balaban J connectivity index is 2.61. The van der Waals surface area contributed by atoms with Gasteiger partial charge in [0.25, 0.3) is 0 Å². The van der Waals surface area contributed by atoms with E-state index in [-0.39, 0.29) is 13.0 Å². The van der Waals surface area contributed by atoms with E-state index >= 15 is 4.39 Å². The molecule has 3 unspecified atom stereocenters. The SMILES string of the molecule is CCOC(=O)CC(NC(=O)OC(C)(C)C)C1(OC)C(F)=C(C)C=C(c2ccccc2C)C1C. The van der Waals surface area contributed by atoms with Crippen LogP contribution in [0.2, 0.25) is 0 Å². The van der Waals surface area contributed by atoms with Crippen LogP contribution in [0.3, 0.4) is 0 Å². The van der Waals surface area contributed by atoms with Crippen molar-refractivity contribution in [3.8, 4) is 0 Å². The first kappa shape index (κ1) is 26.6. The summed E-state index contributed by atoms with van der Waals surface area (Å²) in [5.74, 6) is -1.65. The van der Waals surface area contributed by atoms with Gasteiger partial charge < -0.3 is 19.5 Å². The number of rotatable bonds is 7. The highest BCUT2D eigenvalue weighted by molar-refractivity contribution is 5.78. The topological polar surface area (TPSA) is 73.9 Å². The number of carbonyl (C=O) groups is 2. The molecule has 1 N–H and O–H groups in total. The van der Waals surface area contributed by atoms with Crippen LogP contribution < -0.4 is 5.32 Å². The Morgan fingerprint density at radius 1 is 1.21 bits per heavy atom. The van der Waals surface area contributed by atoms with Gasteiger partial charge in [-0.05, 0) is 63.8 Å². The summed E-state index contributed by atoms with van der Waals surface area (Å²) in [6.07, 6.45) is 0.750. The van der Waals surface area contributed by atoms with Crippen molar-refractivity contribution in [1.29, 1.82) is 0 Å². The molecule has 0 fully saturated rings. The van der Waals surface area contributed by atoms with Gasteiger partial charge in [-0.3, -0.25) is 4.79 Å². The zero-order valence-corrected chi connectivity index (χ0v) is 20.9. The van der Waals surface area contributed by atoms with Crippen LogP contribution in [-0.2, 0) is 19.0 Å². The maximum Gasteiger partial charge on any atom is 0.408 e. The summed E-state index contributed by atoms with van der Waals surface area (Å²) in [6, 6.07) is 6.73. The molecule has 1 aliphatic rings. The molecule has 0 bridgehead atoms. The second-order valence-electron chi connectivity index (χ2n) is 9.34. The summed E-state index contributed by atoms with van der Waals surface area (Å²) in [6.45, 7) is 12.5. The zero-order valence-electron chi connectivity index (χ0n) is 20.9. The predicted molar refractivity (Wildman–Crippen MR) is 126 cm³/mol. The zero-order chi connectivity index (χ0) is 25.0. The van der Waals surface area contributed by atoms with Crippen molar-refractivity contribution in [1.82, 2.24) is 5.32 Å². The fraction of sp³-hybridized carbons (Fsp3) is 0.538. The number of amides is 1. The fourth-order valence-corrected chi connectivity index (χ4v) is 4.37. The molecule has 7 heteroatoms. The number of hydrogen-bond donors (Lipinski definition) is 1. The molecule has 0 radical (unpaired) electrons. The Labute approximate surface area is 196 Å². The van der Waals surface area contributed by atoms with Crippen LogP contribution in [0.1, 0.15) is 59.1 Å². The first-order chi connectivity index (χ1) is 15.4. The van der Waals surface area contributed by atoms with Crippen molar-refractivity contribution in [3.05, 3.63) is 52.9 Å². The molecule has 2 rings (SSSR count). The highest BCUT2D eigenvalue weighted by Gasteiger charge is 2.53. The van der Waals surface area contributed by atoms with Crippen LogP contribution in [0.25, 0.3) is 5.57 Å².